The predicted octanol–water partition coefficient (Wildman–Crippen LogP) is 1.86. The smallest absolute Gasteiger partial charge is 0.239 e. The van der Waals surface area contributed by atoms with Gasteiger partial charge in [0, 0.05) is 0 Å². The van der Waals surface area contributed by atoms with E-state index in [1.54, 1.807) is 6.33 Å². The summed E-state index contributed by atoms with van der Waals surface area (Å²) in [5.74, 6) is 1.96. The van der Waals surface area contributed by atoms with Gasteiger partial charge in [-0.2, -0.15) is 0 Å². The summed E-state index contributed by atoms with van der Waals surface area (Å²) >= 11 is 0. The zero-order chi connectivity index (χ0) is 10.1. The summed E-state index contributed by atoms with van der Waals surface area (Å²) < 4.78 is 1.93. The maximum Gasteiger partial charge on any atom is 0.239 e. The molecule has 4 heteroatoms. The van der Waals surface area contributed by atoms with Crippen molar-refractivity contribution in [3.63, 3.8) is 0 Å². The zero-order valence-corrected chi connectivity index (χ0v) is 8.85. The summed E-state index contributed by atoms with van der Waals surface area (Å²) in [6.07, 6.45) is 5.49. The Morgan fingerprint density at radius 1 is 1.29 bits per heavy atom. The van der Waals surface area contributed by atoms with E-state index in [0.29, 0.717) is 12.0 Å². The van der Waals surface area contributed by atoms with E-state index in [9.17, 15) is 0 Å². The predicted molar refractivity (Wildman–Crippen MR) is 55.7 cm³/mol. The summed E-state index contributed by atoms with van der Waals surface area (Å²) in [6.45, 7) is 4.62. The van der Waals surface area contributed by atoms with E-state index in [1.165, 1.54) is 19.3 Å². The maximum absolute atomic E-state index is 5.51. The first-order valence-corrected chi connectivity index (χ1v) is 5.31. The molecule has 2 rings (SSSR count). The van der Waals surface area contributed by atoms with Crippen molar-refractivity contribution in [2.45, 2.75) is 39.2 Å². The molecule has 0 spiro atoms. The molecular weight excluding hydrogens is 176 g/mol. The van der Waals surface area contributed by atoms with Crippen molar-refractivity contribution >= 4 is 5.95 Å². The van der Waals surface area contributed by atoms with Gasteiger partial charge in [0.15, 0.2) is 0 Å². The Kier molecular flexibility index (Phi) is 2.44. The van der Waals surface area contributed by atoms with Crippen LogP contribution in [0.15, 0.2) is 6.33 Å². The molecule has 4 nitrogen and oxygen atoms in total. The second kappa shape index (κ2) is 3.59. The van der Waals surface area contributed by atoms with Crippen molar-refractivity contribution in [3.05, 3.63) is 6.33 Å². The number of rotatable bonds is 1. The normalized spacial score (nSPS) is 33.1. The molecule has 2 unspecified atom stereocenters. The Morgan fingerprint density at radius 2 is 1.93 bits per heavy atom. The molecule has 2 N–H and O–H groups in total. The fraction of sp³-hybridized carbons (Fsp3) is 0.800. The third-order valence-corrected chi connectivity index (χ3v) is 3.05. The van der Waals surface area contributed by atoms with Gasteiger partial charge in [0.25, 0.3) is 0 Å². The molecule has 78 valence electrons. The lowest BCUT2D eigenvalue weighted by atomic mass is 9.80. The van der Waals surface area contributed by atoms with Crippen molar-refractivity contribution in [2.75, 3.05) is 5.73 Å². The molecule has 1 aliphatic carbocycles. The number of nitrogens with two attached hydrogens (primary N) is 1. The molecule has 0 aromatic carbocycles. The quantitative estimate of drug-likeness (QED) is 0.742. The molecule has 1 aromatic heterocycles. The van der Waals surface area contributed by atoms with E-state index >= 15 is 0 Å². The molecule has 0 amide bonds. The summed E-state index contributed by atoms with van der Waals surface area (Å²) in [5, 5.41) is 4.19. The zero-order valence-electron chi connectivity index (χ0n) is 8.85. The first-order chi connectivity index (χ1) is 6.65. The van der Waals surface area contributed by atoms with E-state index in [1.807, 2.05) is 4.68 Å². The SMILES string of the molecule is CC1CC(C)CC(n2cnc(N)n2)C1. The van der Waals surface area contributed by atoms with Gasteiger partial charge in [-0.05, 0) is 31.1 Å². The van der Waals surface area contributed by atoms with Gasteiger partial charge in [0.1, 0.15) is 6.33 Å². The standard InChI is InChI=1S/C10H18N4/c1-7-3-8(2)5-9(4-7)14-6-12-10(11)13-14/h6-9H,3-5H2,1-2H3,(H2,11,13). The molecule has 1 aromatic rings. The van der Waals surface area contributed by atoms with Crippen LogP contribution < -0.4 is 5.73 Å². The van der Waals surface area contributed by atoms with Crippen LogP contribution >= 0.6 is 0 Å². The molecule has 1 saturated carbocycles. The van der Waals surface area contributed by atoms with Gasteiger partial charge in [-0.15, -0.1) is 5.10 Å². The largest absolute Gasteiger partial charge is 0.367 e. The van der Waals surface area contributed by atoms with Gasteiger partial charge in [-0.1, -0.05) is 13.8 Å². The number of hydrogen-bond donors (Lipinski definition) is 1. The third kappa shape index (κ3) is 1.89. The molecule has 0 radical (unpaired) electrons. The minimum Gasteiger partial charge on any atom is -0.367 e. The van der Waals surface area contributed by atoms with Crippen molar-refractivity contribution in [2.24, 2.45) is 11.8 Å². The maximum atomic E-state index is 5.51. The van der Waals surface area contributed by atoms with Crippen LogP contribution in [-0.2, 0) is 0 Å². The van der Waals surface area contributed by atoms with E-state index < -0.39 is 0 Å². The summed E-state index contributed by atoms with van der Waals surface area (Å²) in [5.41, 5.74) is 5.51. The van der Waals surface area contributed by atoms with Crippen molar-refractivity contribution in [1.29, 1.82) is 0 Å². The molecular formula is C10H18N4. The highest BCUT2D eigenvalue weighted by Gasteiger charge is 2.25. The summed E-state index contributed by atoms with van der Waals surface area (Å²) in [4.78, 5) is 3.97. The van der Waals surface area contributed by atoms with Crippen LogP contribution in [0.2, 0.25) is 0 Å². The number of anilines is 1. The van der Waals surface area contributed by atoms with Gasteiger partial charge < -0.3 is 5.73 Å². The number of nitrogen functional groups attached to an aromatic ring is 1. The number of hydrogen-bond acceptors (Lipinski definition) is 3. The first kappa shape index (κ1) is 9.49. The summed E-state index contributed by atoms with van der Waals surface area (Å²) in [6, 6.07) is 0.499. The van der Waals surface area contributed by atoms with Crippen molar-refractivity contribution in [3.8, 4) is 0 Å². The molecule has 0 bridgehead atoms. The van der Waals surface area contributed by atoms with Crippen LogP contribution in [-0.4, -0.2) is 14.8 Å². The van der Waals surface area contributed by atoms with Crippen LogP contribution in [0.4, 0.5) is 5.95 Å². The topological polar surface area (TPSA) is 56.7 Å². The highest BCUT2D eigenvalue weighted by atomic mass is 15.4. The second-order valence-corrected chi connectivity index (χ2v) is 4.65. The summed E-state index contributed by atoms with van der Waals surface area (Å²) in [7, 11) is 0. The third-order valence-electron chi connectivity index (χ3n) is 3.05. The number of nitrogens with zero attached hydrogens (tertiary/aromatic N) is 3. The molecule has 2 atom stereocenters. The van der Waals surface area contributed by atoms with Gasteiger partial charge in [0.2, 0.25) is 5.95 Å². The van der Waals surface area contributed by atoms with Gasteiger partial charge >= 0.3 is 0 Å². The van der Waals surface area contributed by atoms with Crippen LogP contribution in [0.25, 0.3) is 0 Å². The van der Waals surface area contributed by atoms with Gasteiger partial charge in [-0.25, -0.2) is 9.67 Å². The van der Waals surface area contributed by atoms with Crippen molar-refractivity contribution in [1.82, 2.24) is 14.8 Å². The molecule has 1 fully saturated rings. The van der Waals surface area contributed by atoms with E-state index in [-0.39, 0.29) is 0 Å². The van der Waals surface area contributed by atoms with Crippen molar-refractivity contribution < 1.29 is 0 Å². The highest BCUT2D eigenvalue weighted by Crippen LogP contribution is 2.35. The highest BCUT2D eigenvalue weighted by molar-refractivity contribution is 5.09. The van der Waals surface area contributed by atoms with Crippen LogP contribution in [0.1, 0.15) is 39.2 Å². The second-order valence-electron chi connectivity index (χ2n) is 4.65. The Labute approximate surface area is 84.5 Å². The fourth-order valence-electron chi connectivity index (χ4n) is 2.58. The van der Waals surface area contributed by atoms with Crippen LogP contribution in [0, 0.1) is 11.8 Å². The Morgan fingerprint density at radius 3 is 2.43 bits per heavy atom. The lowest BCUT2D eigenvalue weighted by Gasteiger charge is -2.31. The van der Waals surface area contributed by atoms with Crippen LogP contribution in [0.3, 0.4) is 0 Å². The average Bonchev–Trinajstić information content (AvgIpc) is 2.50. The lowest BCUT2D eigenvalue weighted by molar-refractivity contribution is 0.210. The molecule has 0 aliphatic heterocycles. The minimum absolute atomic E-state index is 0.385. The van der Waals surface area contributed by atoms with E-state index in [4.69, 9.17) is 5.73 Å². The van der Waals surface area contributed by atoms with E-state index in [2.05, 4.69) is 23.9 Å². The first-order valence-electron chi connectivity index (χ1n) is 5.31. The van der Waals surface area contributed by atoms with Gasteiger partial charge in [-0.3, -0.25) is 0 Å². The minimum atomic E-state index is 0.385. The molecule has 1 heterocycles. The Hall–Kier alpha value is -1.06. The fourth-order valence-corrected chi connectivity index (χ4v) is 2.58. The molecule has 14 heavy (non-hydrogen) atoms. The Bertz CT molecular complexity index is 297. The van der Waals surface area contributed by atoms with Gasteiger partial charge in [0.05, 0.1) is 6.04 Å². The Balaban J connectivity index is 2.10. The monoisotopic (exact) mass is 194 g/mol. The average molecular weight is 194 g/mol. The van der Waals surface area contributed by atoms with Crippen LogP contribution in [0.5, 0.6) is 0 Å². The molecule has 0 saturated heterocycles. The number of aromatic nitrogens is 3. The molecule has 1 aliphatic rings. The van der Waals surface area contributed by atoms with E-state index in [0.717, 1.165) is 11.8 Å². The lowest BCUT2D eigenvalue weighted by Crippen LogP contribution is -2.23.